The molecule has 0 heterocycles. The molecular weight excluding hydrogens is 226 g/mol. The second-order valence-corrected chi connectivity index (χ2v) is 5.30. The molecule has 0 aliphatic carbocycles. The number of nitrogens with one attached hydrogen (secondary N) is 1. The molecular formula is C11H15NO3S. The zero-order chi connectivity index (χ0) is 12.2. The molecule has 0 saturated heterocycles. The summed E-state index contributed by atoms with van der Waals surface area (Å²) in [5, 5.41) is 0. The summed E-state index contributed by atoms with van der Waals surface area (Å²) in [5.74, 6) is -0.129. The third kappa shape index (κ3) is 3.43. The van der Waals surface area contributed by atoms with Gasteiger partial charge in [0.2, 0.25) is 10.0 Å². The summed E-state index contributed by atoms with van der Waals surface area (Å²) >= 11 is 0. The topological polar surface area (TPSA) is 63.2 Å². The van der Waals surface area contributed by atoms with Gasteiger partial charge in [-0.25, -0.2) is 13.1 Å². The molecule has 4 nitrogen and oxygen atoms in total. The maximum atomic E-state index is 11.7. The molecule has 0 atom stereocenters. The van der Waals surface area contributed by atoms with E-state index in [-0.39, 0.29) is 17.2 Å². The second kappa shape index (κ2) is 5.23. The second-order valence-electron chi connectivity index (χ2n) is 3.53. The number of aryl methyl sites for hydroxylation is 1. The predicted molar refractivity (Wildman–Crippen MR) is 61.7 cm³/mol. The highest BCUT2D eigenvalue weighted by Crippen LogP contribution is 2.09. The monoisotopic (exact) mass is 241 g/mol. The number of sulfonamides is 1. The van der Waals surface area contributed by atoms with Crippen LogP contribution >= 0.6 is 0 Å². The van der Waals surface area contributed by atoms with E-state index in [1.807, 2.05) is 6.92 Å². The Hall–Kier alpha value is -1.20. The summed E-state index contributed by atoms with van der Waals surface area (Å²) in [4.78, 5) is 11.2. The summed E-state index contributed by atoms with van der Waals surface area (Å²) in [5.41, 5.74) is 0.989. The Morgan fingerprint density at radius 3 is 2.31 bits per heavy atom. The first-order chi connectivity index (χ1) is 7.45. The Bertz CT molecular complexity index is 463. The fraction of sp³-hybridized carbons (Fsp3) is 0.364. The molecule has 0 aromatic heterocycles. The summed E-state index contributed by atoms with van der Waals surface area (Å²) < 4.78 is 25.7. The van der Waals surface area contributed by atoms with E-state index in [1.165, 1.54) is 12.1 Å². The third-order valence-corrected chi connectivity index (χ3v) is 3.60. The van der Waals surface area contributed by atoms with Crippen LogP contribution in [0.5, 0.6) is 0 Å². The quantitative estimate of drug-likeness (QED) is 0.844. The van der Waals surface area contributed by atoms with Gasteiger partial charge in [0.15, 0.2) is 0 Å². The maximum Gasteiger partial charge on any atom is 0.240 e. The van der Waals surface area contributed by atoms with Gasteiger partial charge in [0.25, 0.3) is 0 Å². The van der Waals surface area contributed by atoms with Crippen molar-refractivity contribution in [3.8, 4) is 0 Å². The molecule has 1 aromatic carbocycles. The number of hydrogen-bond acceptors (Lipinski definition) is 3. The van der Waals surface area contributed by atoms with Crippen molar-refractivity contribution in [3.63, 3.8) is 0 Å². The van der Waals surface area contributed by atoms with Crippen LogP contribution in [0.25, 0.3) is 0 Å². The summed E-state index contributed by atoms with van der Waals surface area (Å²) in [6.45, 7) is 3.43. The van der Waals surface area contributed by atoms with Gasteiger partial charge in [-0.1, -0.05) is 24.6 Å². The highest BCUT2D eigenvalue weighted by molar-refractivity contribution is 7.89. The van der Waals surface area contributed by atoms with Crippen LogP contribution in [0.3, 0.4) is 0 Å². The van der Waals surface area contributed by atoms with E-state index in [0.29, 0.717) is 6.42 Å². The highest BCUT2D eigenvalue weighted by Gasteiger charge is 2.14. The van der Waals surface area contributed by atoms with Gasteiger partial charge >= 0.3 is 0 Å². The van der Waals surface area contributed by atoms with Gasteiger partial charge in [0.1, 0.15) is 5.78 Å². The van der Waals surface area contributed by atoms with Crippen molar-refractivity contribution in [1.82, 2.24) is 4.72 Å². The van der Waals surface area contributed by atoms with Crippen LogP contribution < -0.4 is 4.72 Å². The van der Waals surface area contributed by atoms with E-state index in [9.17, 15) is 13.2 Å². The number of carbonyl (C=O) groups is 1. The Morgan fingerprint density at radius 1 is 1.25 bits per heavy atom. The van der Waals surface area contributed by atoms with Gasteiger partial charge in [-0.3, -0.25) is 4.79 Å². The molecule has 1 N–H and O–H groups in total. The van der Waals surface area contributed by atoms with E-state index >= 15 is 0 Å². The predicted octanol–water partition coefficient (Wildman–Crippen LogP) is 1.25. The lowest BCUT2D eigenvalue weighted by atomic mass is 10.2. The minimum Gasteiger partial charge on any atom is -0.298 e. The Kier molecular flexibility index (Phi) is 4.20. The molecule has 0 spiro atoms. The molecule has 1 aromatic rings. The molecule has 1 rings (SSSR count). The van der Waals surface area contributed by atoms with E-state index in [1.54, 1.807) is 19.1 Å². The van der Waals surface area contributed by atoms with Gasteiger partial charge in [0.05, 0.1) is 11.4 Å². The van der Waals surface area contributed by atoms with Crippen molar-refractivity contribution in [2.45, 2.75) is 25.2 Å². The van der Waals surface area contributed by atoms with Crippen molar-refractivity contribution in [2.75, 3.05) is 6.54 Å². The van der Waals surface area contributed by atoms with E-state index < -0.39 is 10.0 Å². The molecule has 0 saturated carbocycles. The van der Waals surface area contributed by atoms with Crippen LogP contribution in [-0.4, -0.2) is 20.7 Å². The molecule has 0 radical (unpaired) electrons. The largest absolute Gasteiger partial charge is 0.298 e. The van der Waals surface area contributed by atoms with E-state index in [0.717, 1.165) is 5.56 Å². The summed E-state index contributed by atoms with van der Waals surface area (Å²) in [7, 11) is -3.55. The molecule has 0 aliphatic rings. The number of benzene rings is 1. The lowest BCUT2D eigenvalue weighted by molar-refractivity contribution is -0.117. The molecule has 0 bridgehead atoms. The number of ketones is 1. The van der Waals surface area contributed by atoms with Gasteiger partial charge in [0, 0.05) is 6.42 Å². The smallest absolute Gasteiger partial charge is 0.240 e. The molecule has 88 valence electrons. The van der Waals surface area contributed by atoms with Gasteiger partial charge < -0.3 is 0 Å². The Balaban J connectivity index is 2.78. The molecule has 5 heteroatoms. The summed E-state index contributed by atoms with van der Waals surface area (Å²) in [6.07, 6.45) is 0.330. The van der Waals surface area contributed by atoms with Crippen LogP contribution in [0.4, 0.5) is 0 Å². The lowest BCUT2D eigenvalue weighted by Gasteiger charge is -2.05. The standard InChI is InChI=1S/C11H15NO3S/c1-3-10(13)8-12-16(14,15)11-6-4-9(2)5-7-11/h4-7,12H,3,8H2,1-2H3. The SMILES string of the molecule is CCC(=O)CNS(=O)(=O)c1ccc(C)cc1. The lowest BCUT2D eigenvalue weighted by Crippen LogP contribution is -2.29. The average Bonchev–Trinajstić information content (AvgIpc) is 2.26. The van der Waals surface area contributed by atoms with Crippen LogP contribution in [-0.2, 0) is 14.8 Å². The Labute approximate surface area is 95.7 Å². The highest BCUT2D eigenvalue weighted by atomic mass is 32.2. The Morgan fingerprint density at radius 2 is 1.81 bits per heavy atom. The van der Waals surface area contributed by atoms with Crippen molar-refractivity contribution in [2.24, 2.45) is 0 Å². The first-order valence-corrected chi connectivity index (χ1v) is 6.52. The van der Waals surface area contributed by atoms with Crippen molar-refractivity contribution >= 4 is 15.8 Å². The van der Waals surface area contributed by atoms with Gasteiger partial charge in [-0.2, -0.15) is 0 Å². The minimum absolute atomic E-state index is 0.129. The van der Waals surface area contributed by atoms with E-state index in [2.05, 4.69) is 4.72 Å². The van der Waals surface area contributed by atoms with Crippen LogP contribution in [0, 0.1) is 6.92 Å². The first-order valence-electron chi connectivity index (χ1n) is 5.03. The molecule has 0 unspecified atom stereocenters. The normalized spacial score (nSPS) is 11.4. The first kappa shape index (κ1) is 12.9. The van der Waals surface area contributed by atoms with Crippen LogP contribution in [0.2, 0.25) is 0 Å². The summed E-state index contributed by atoms with van der Waals surface area (Å²) in [6, 6.07) is 6.48. The van der Waals surface area contributed by atoms with Crippen LogP contribution in [0.15, 0.2) is 29.2 Å². The number of Topliss-reactive ketones (excluding diaryl/α,β-unsaturated/α-hetero) is 1. The molecule has 0 fully saturated rings. The van der Waals surface area contributed by atoms with Crippen LogP contribution in [0.1, 0.15) is 18.9 Å². The van der Waals surface area contributed by atoms with Crippen molar-refractivity contribution in [1.29, 1.82) is 0 Å². The number of carbonyl (C=O) groups excluding carboxylic acids is 1. The number of hydrogen-bond donors (Lipinski definition) is 1. The average molecular weight is 241 g/mol. The third-order valence-electron chi connectivity index (χ3n) is 2.18. The fourth-order valence-electron chi connectivity index (χ4n) is 1.10. The van der Waals surface area contributed by atoms with E-state index in [4.69, 9.17) is 0 Å². The van der Waals surface area contributed by atoms with Gasteiger partial charge in [-0.15, -0.1) is 0 Å². The fourth-order valence-corrected chi connectivity index (χ4v) is 2.11. The zero-order valence-electron chi connectivity index (χ0n) is 9.36. The molecule has 0 amide bonds. The van der Waals surface area contributed by atoms with Gasteiger partial charge in [-0.05, 0) is 19.1 Å². The van der Waals surface area contributed by atoms with Crippen molar-refractivity contribution in [3.05, 3.63) is 29.8 Å². The molecule has 16 heavy (non-hydrogen) atoms. The minimum atomic E-state index is -3.55. The zero-order valence-corrected chi connectivity index (χ0v) is 10.2. The molecule has 0 aliphatic heterocycles. The number of rotatable bonds is 5. The maximum absolute atomic E-state index is 11.7. The van der Waals surface area contributed by atoms with Crippen molar-refractivity contribution < 1.29 is 13.2 Å².